The number of nitrogens with zero attached hydrogens (tertiary/aromatic N) is 5. The number of benzene rings is 1. The van der Waals surface area contributed by atoms with Crippen LogP contribution in [0, 0.1) is 0 Å². The van der Waals surface area contributed by atoms with Gasteiger partial charge in [-0.2, -0.15) is 4.98 Å². The summed E-state index contributed by atoms with van der Waals surface area (Å²) < 4.78 is 1.69. The molecule has 1 aliphatic carbocycles. The maximum Gasteiger partial charge on any atom is 0.247 e. The number of Topliss-reactive ketones (excluding diaryl/α,β-unsaturated/α-hetero) is 1. The van der Waals surface area contributed by atoms with Crippen molar-refractivity contribution in [2.75, 3.05) is 5.32 Å². The molecule has 1 aromatic carbocycles. The Morgan fingerprint density at radius 1 is 1.08 bits per heavy atom. The van der Waals surface area contributed by atoms with Crippen LogP contribution in [0.5, 0.6) is 0 Å². The first-order chi connectivity index (χ1) is 12.8. The molecule has 0 fully saturated rings. The van der Waals surface area contributed by atoms with Crippen molar-refractivity contribution < 1.29 is 4.79 Å². The van der Waals surface area contributed by atoms with Crippen molar-refractivity contribution >= 4 is 23.1 Å². The molecule has 4 aromatic rings. The molecule has 7 heteroatoms. The third-order valence-electron chi connectivity index (χ3n) is 4.43. The van der Waals surface area contributed by atoms with E-state index in [1.165, 1.54) is 0 Å². The van der Waals surface area contributed by atoms with Crippen molar-refractivity contribution in [3.05, 3.63) is 66.2 Å². The summed E-state index contributed by atoms with van der Waals surface area (Å²) in [6.07, 6.45) is 7.95. The first kappa shape index (κ1) is 14.7. The van der Waals surface area contributed by atoms with Gasteiger partial charge >= 0.3 is 0 Å². The molecule has 126 valence electrons. The molecule has 0 amide bonds. The number of carbonyl (C=O) groups is 1. The van der Waals surface area contributed by atoms with Gasteiger partial charge in [0.25, 0.3) is 0 Å². The Bertz CT molecular complexity index is 1140. The summed E-state index contributed by atoms with van der Waals surface area (Å²) in [6.45, 7) is 0. The highest BCUT2D eigenvalue weighted by molar-refractivity contribution is 5.88. The van der Waals surface area contributed by atoms with E-state index < -0.39 is 0 Å². The maximum atomic E-state index is 11.6. The van der Waals surface area contributed by atoms with E-state index in [0.717, 1.165) is 28.1 Å². The van der Waals surface area contributed by atoms with Crippen LogP contribution in [-0.4, -0.2) is 30.3 Å². The maximum absolute atomic E-state index is 11.6. The van der Waals surface area contributed by atoms with E-state index >= 15 is 0 Å². The lowest BCUT2D eigenvalue weighted by Gasteiger charge is -2.04. The fourth-order valence-corrected chi connectivity index (χ4v) is 3.23. The molecule has 3 heterocycles. The van der Waals surface area contributed by atoms with Gasteiger partial charge in [0.05, 0.1) is 0 Å². The third-order valence-corrected chi connectivity index (χ3v) is 4.43. The predicted molar refractivity (Wildman–Crippen MR) is 96.2 cm³/mol. The Morgan fingerprint density at radius 2 is 2.00 bits per heavy atom. The van der Waals surface area contributed by atoms with Crippen LogP contribution in [0.1, 0.15) is 11.1 Å². The number of aromatic nitrogens is 5. The summed E-state index contributed by atoms with van der Waals surface area (Å²) in [7, 11) is 0. The lowest BCUT2D eigenvalue weighted by Crippen LogP contribution is -1.95. The van der Waals surface area contributed by atoms with Crippen LogP contribution in [-0.2, 0) is 17.6 Å². The SMILES string of the molecule is O=C1Cc2ccc(Nc3nc4c(-c5cccnc5)nccn4n3)cc2C1. The normalized spacial score (nSPS) is 13.2. The van der Waals surface area contributed by atoms with Crippen molar-refractivity contribution in [3.63, 3.8) is 0 Å². The van der Waals surface area contributed by atoms with Crippen LogP contribution in [0.25, 0.3) is 16.9 Å². The van der Waals surface area contributed by atoms with Crippen molar-refractivity contribution in [3.8, 4) is 11.3 Å². The lowest BCUT2D eigenvalue weighted by atomic mass is 10.1. The van der Waals surface area contributed by atoms with Gasteiger partial charge in [0.1, 0.15) is 11.5 Å². The van der Waals surface area contributed by atoms with Gasteiger partial charge in [-0.15, -0.1) is 5.10 Å². The number of nitrogens with one attached hydrogen (secondary N) is 1. The minimum absolute atomic E-state index is 0.259. The summed E-state index contributed by atoms with van der Waals surface area (Å²) in [6, 6.07) is 9.73. The molecule has 0 radical (unpaired) electrons. The Kier molecular flexibility index (Phi) is 3.24. The molecule has 5 rings (SSSR count). The van der Waals surface area contributed by atoms with E-state index in [-0.39, 0.29) is 5.78 Å². The van der Waals surface area contributed by atoms with E-state index in [4.69, 9.17) is 0 Å². The van der Waals surface area contributed by atoms with Crippen molar-refractivity contribution in [2.24, 2.45) is 0 Å². The number of pyridine rings is 1. The zero-order chi connectivity index (χ0) is 17.5. The van der Waals surface area contributed by atoms with E-state index in [1.54, 1.807) is 29.3 Å². The highest BCUT2D eigenvalue weighted by Gasteiger charge is 2.18. The standard InChI is InChI=1S/C19H14N6O/c26-16-9-12-3-4-15(8-14(12)10-16)22-19-23-18-17(13-2-1-5-20-11-13)21-6-7-25(18)24-19/h1-8,11H,9-10H2,(H,22,24). The van der Waals surface area contributed by atoms with Crippen LogP contribution in [0.4, 0.5) is 11.6 Å². The van der Waals surface area contributed by atoms with Crippen LogP contribution in [0.3, 0.4) is 0 Å². The largest absolute Gasteiger partial charge is 0.323 e. The number of hydrogen-bond acceptors (Lipinski definition) is 6. The summed E-state index contributed by atoms with van der Waals surface area (Å²) in [5.74, 6) is 0.739. The van der Waals surface area contributed by atoms with Crippen molar-refractivity contribution in [2.45, 2.75) is 12.8 Å². The quantitative estimate of drug-likeness (QED) is 0.616. The molecule has 0 unspecified atom stereocenters. The van der Waals surface area contributed by atoms with Gasteiger partial charge in [-0.3, -0.25) is 14.8 Å². The number of hydrogen-bond donors (Lipinski definition) is 1. The van der Waals surface area contributed by atoms with E-state index in [1.807, 2.05) is 30.3 Å². The minimum Gasteiger partial charge on any atom is -0.323 e. The van der Waals surface area contributed by atoms with Crippen LogP contribution < -0.4 is 5.32 Å². The average Bonchev–Trinajstić information content (AvgIpc) is 3.23. The van der Waals surface area contributed by atoms with Gasteiger partial charge in [-0.05, 0) is 35.4 Å². The summed E-state index contributed by atoms with van der Waals surface area (Å²) in [5.41, 5.74) is 5.30. The third kappa shape index (κ3) is 2.50. The average molecular weight is 342 g/mol. The Balaban J connectivity index is 1.51. The summed E-state index contributed by atoms with van der Waals surface area (Å²) >= 11 is 0. The fourth-order valence-electron chi connectivity index (χ4n) is 3.23. The lowest BCUT2D eigenvalue weighted by molar-refractivity contribution is -0.117. The highest BCUT2D eigenvalue weighted by Crippen LogP contribution is 2.26. The van der Waals surface area contributed by atoms with Gasteiger partial charge in [-0.25, -0.2) is 4.52 Å². The molecule has 0 aliphatic heterocycles. The van der Waals surface area contributed by atoms with Gasteiger partial charge in [0.15, 0.2) is 5.65 Å². The second-order valence-electron chi connectivity index (χ2n) is 6.22. The molecule has 0 atom stereocenters. The molecule has 1 N–H and O–H groups in total. The minimum atomic E-state index is 0.259. The van der Waals surface area contributed by atoms with Gasteiger partial charge in [0, 0.05) is 48.9 Å². The van der Waals surface area contributed by atoms with Crippen LogP contribution in [0.2, 0.25) is 0 Å². The molecule has 0 saturated carbocycles. The second-order valence-corrected chi connectivity index (χ2v) is 6.22. The Labute approximate surface area is 148 Å². The molecule has 0 bridgehead atoms. The molecular formula is C19H14N6O. The predicted octanol–water partition coefficient (Wildman–Crippen LogP) is 2.60. The fraction of sp³-hybridized carbons (Fsp3) is 0.105. The van der Waals surface area contributed by atoms with Crippen LogP contribution in [0.15, 0.2) is 55.1 Å². The summed E-state index contributed by atoms with van der Waals surface area (Å²) in [4.78, 5) is 24.7. The van der Waals surface area contributed by atoms with Gasteiger partial charge in [-0.1, -0.05) is 6.07 Å². The zero-order valence-corrected chi connectivity index (χ0v) is 13.8. The number of fused-ring (bicyclic) bond motifs is 2. The second kappa shape index (κ2) is 5.73. The van der Waals surface area contributed by atoms with Gasteiger partial charge < -0.3 is 5.32 Å². The Hall–Kier alpha value is -3.61. The Morgan fingerprint density at radius 3 is 2.88 bits per heavy atom. The molecule has 0 spiro atoms. The van der Waals surface area contributed by atoms with Crippen LogP contribution >= 0.6 is 0 Å². The number of ketones is 1. The smallest absolute Gasteiger partial charge is 0.247 e. The number of anilines is 2. The molecule has 1 aliphatic rings. The number of carbonyl (C=O) groups excluding carboxylic acids is 1. The highest BCUT2D eigenvalue weighted by atomic mass is 16.1. The molecule has 26 heavy (non-hydrogen) atoms. The topological polar surface area (TPSA) is 85.1 Å². The first-order valence-electron chi connectivity index (χ1n) is 8.28. The molecule has 3 aromatic heterocycles. The monoisotopic (exact) mass is 342 g/mol. The van der Waals surface area contributed by atoms with E-state index in [2.05, 4.69) is 25.4 Å². The van der Waals surface area contributed by atoms with Gasteiger partial charge in [0.2, 0.25) is 5.95 Å². The molecular weight excluding hydrogens is 328 g/mol. The molecule has 7 nitrogen and oxygen atoms in total. The van der Waals surface area contributed by atoms with E-state index in [0.29, 0.717) is 24.4 Å². The first-order valence-corrected chi connectivity index (χ1v) is 8.28. The van der Waals surface area contributed by atoms with Crippen molar-refractivity contribution in [1.82, 2.24) is 24.6 Å². The molecule has 0 saturated heterocycles. The van der Waals surface area contributed by atoms with E-state index in [9.17, 15) is 4.79 Å². The number of rotatable bonds is 3. The van der Waals surface area contributed by atoms with Crippen molar-refractivity contribution in [1.29, 1.82) is 0 Å². The zero-order valence-electron chi connectivity index (χ0n) is 13.8. The summed E-state index contributed by atoms with van der Waals surface area (Å²) in [5, 5.41) is 7.69.